The lowest BCUT2D eigenvalue weighted by atomic mass is 10.1. The first kappa shape index (κ1) is 16.0. The second-order valence-corrected chi connectivity index (χ2v) is 6.04. The summed E-state index contributed by atoms with van der Waals surface area (Å²) in [5.74, 6) is 1.15. The molecular weight excluding hydrogens is 328 g/mol. The lowest BCUT2D eigenvalue weighted by molar-refractivity contribution is 0.415. The maximum atomic E-state index is 5.16. The number of hydrogen-bond acceptors (Lipinski definition) is 6. The Labute approximate surface area is 150 Å². The highest BCUT2D eigenvalue weighted by Crippen LogP contribution is 2.23. The van der Waals surface area contributed by atoms with E-state index >= 15 is 0 Å². The Kier molecular flexibility index (Phi) is 3.96. The van der Waals surface area contributed by atoms with Crippen molar-refractivity contribution in [2.24, 2.45) is 5.10 Å². The predicted octanol–water partition coefficient (Wildman–Crippen LogP) is 3.66. The number of nitrogens with one attached hydrogen (secondary N) is 2. The van der Waals surface area contributed by atoms with Gasteiger partial charge in [-0.15, -0.1) is 10.2 Å². The van der Waals surface area contributed by atoms with Gasteiger partial charge in [-0.05, 0) is 55.8 Å². The number of nitrogens with zero attached hydrogens (tertiary/aromatic N) is 4. The molecule has 0 amide bonds. The number of H-pyrrole nitrogens is 1. The monoisotopic (exact) mass is 346 g/mol. The first-order chi connectivity index (χ1) is 12.6. The zero-order valence-corrected chi connectivity index (χ0v) is 14.7. The predicted molar refractivity (Wildman–Crippen MR) is 103 cm³/mol. The van der Waals surface area contributed by atoms with Gasteiger partial charge in [-0.25, -0.2) is 5.43 Å². The molecule has 0 saturated heterocycles. The second-order valence-electron chi connectivity index (χ2n) is 6.04. The fourth-order valence-corrected chi connectivity index (χ4v) is 2.76. The molecule has 0 spiro atoms. The highest BCUT2D eigenvalue weighted by Gasteiger charge is 2.09. The van der Waals surface area contributed by atoms with Crippen LogP contribution in [0.15, 0.2) is 47.6 Å². The minimum Gasteiger partial charge on any atom is -0.497 e. The fourth-order valence-electron chi connectivity index (χ4n) is 2.76. The van der Waals surface area contributed by atoms with Gasteiger partial charge >= 0.3 is 0 Å². The van der Waals surface area contributed by atoms with Crippen LogP contribution in [0.4, 0.5) is 5.95 Å². The molecule has 4 aromatic rings. The number of rotatable bonds is 4. The number of ether oxygens (including phenoxy) is 1. The van der Waals surface area contributed by atoms with Crippen molar-refractivity contribution in [1.82, 2.24) is 20.2 Å². The SMILES string of the molecule is COc1ccc(C(C)=NNc2nnc3c(n2)[nH]c2ccc(C)cc23)cc1. The van der Waals surface area contributed by atoms with Gasteiger partial charge in [0.05, 0.1) is 12.8 Å². The lowest BCUT2D eigenvalue weighted by Gasteiger charge is -2.04. The van der Waals surface area contributed by atoms with Crippen molar-refractivity contribution in [1.29, 1.82) is 0 Å². The number of methoxy groups -OCH3 is 1. The van der Waals surface area contributed by atoms with Gasteiger partial charge in [-0.2, -0.15) is 10.1 Å². The summed E-state index contributed by atoms with van der Waals surface area (Å²) < 4.78 is 5.16. The number of aromatic nitrogens is 4. The Morgan fingerprint density at radius 2 is 1.92 bits per heavy atom. The molecular formula is C19H18N6O. The molecule has 2 aromatic heterocycles. The summed E-state index contributed by atoms with van der Waals surface area (Å²) in [6.45, 7) is 3.96. The molecule has 7 heteroatoms. The number of fused-ring (bicyclic) bond motifs is 3. The zero-order valence-electron chi connectivity index (χ0n) is 14.7. The van der Waals surface area contributed by atoms with Gasteiger partial charge in [0.1, 0.15) is 11.3 Å². The van der Waals surface area contributed by atoms with Crippen LogP contribution in [0, 0.1) is 6.92 Å². The van der Waals surface area contributed by atoms with Crippen LogP contribution in [0.2, 0.25) is 0 Å². The first-order valence-electron chi connectivity index (χ1n) is 8.21. The average molecular weight is 346 g/mol. The molecule has 0 bridgehead atoms. The van der Waals surface area contributed by atoms with E-state index in [0.29, 0.717) is 11.6 Å². The number of anilines is 1. The number of aryl methyl sites for hydroxylation is 1. The van der Waals surface area contributed by atoms with Gasteiger partial charge in [-0.3, -0.25) is 0 Å². The average Bonchev–Trinajstić information content (AvgIpc) is 3.03. The van der Waals surface area contributed by atoms with Crippen molar-refractivity contribution in [3.8, 4) is 5.75 Å². The summed E-state index contributed by atoms with van der Waals surface area (Å²) in [6, 6.07) is 13.8. The molecule has 0 saturated carbocycles. The van der Waals surface area contributed by atoms with E-state index in [1.807, 2.05) is 50.2 Å². The second kappa shape index (κ2) is 6.44. The molecule has 0 fully saturated rings. The minimum absolute atomic E-state index is 0.341. The van der Waals surface area contributed by atoms with E-state index in [1.165, 1.54) is 5.56 Å². The van der Waals surface area contributed by atoms with Crippen molar-refractivity contribution in [3.63, 3.8) is 0 Å². The molecule has 0 aliphatic rings. The van der Waals surface area contributed by atoms with E-state index in [2.05, 4.69) is 36.8 Å². The van der Waals surface area contributed by atoms with E-state index < -0.39 is 0 Å². The van der Waals surface area contributed by atoms with Crippen LogP contribution in [0.5, 0.6) is 5.75 Å². The van der Waals surface area contributed by atoms with Crippen LogP contribution in [0.25, 0.3) is 22.1 Å². The van der Waals surface area contributed by atoms with E-state index in [4.69, 9.17) is 4.74 Å². The number of hydrogen-bond donors (Lipinski definition) is 2. The number of benzene rings is 2. The van der Waals surface area contributed by atoms with E-state index in [0.717, 1.165) is 33.4 Å². The number of hydrazone groups is 1. The van der Waals surface area contributed by atoms with Gasteiger partial charge in [0.2, 0.25) is 0 Å². The molecule has 2 heterocycles. The molecule has 0 radical (unpaired) electrons. The maximum Gasteiger partial charge on any atom is 0.265 e. The van der Waals surface area contributed by atoms with Crippen LogP contribution >= 0.6 is 0 Å². The summed E-state index contributed by atoms with van der Waals surface area (Å²) in [6.07, 6.45) is 0. The smallest absolute Gasteiger partial charge is 0.265 e. The molecule has 2 N–H and O–H groups in total. The Morgan fingerprint density at radius 3 is 2.69 bits per heavy atom. The highest BCUT2D eigenvalue weighted by atomic mass is 16.5. The summed E-state index contributed by atoms with van der Waals surface area (Å²) in [4.78, 5) is 7.73. The quantitative estimate of drug-likeness (QED) is 0.435. The van der Waals surface area contributed by atoms with Gasteiger partial charge in [0, 0.05) is 10.9 Å². The molecule has 0 atom stereocenters. The largest absolute Gasteiger partial charge is 0.497 e. The van der Waals surface area contributed by atoms with Crippen LogP contribution in [0.3, 0.4) is 0 Å². The van der Waals surface area contributed by atoms with Gasteiger partial charge in [-0.1, -0.05) is 11.6 Å². The molecule has 0 aliphatic heterocycles. The van der Waals surface area contributed by atoms with Gasteiger partial charge < -0.3 is 9.72 Å². The molecule has 7 nitrogen and oxygen atoms in total. The number of aromatic amines is 1. The summed E-state index contributed by atoms with van der Waals surface area (Å²) >= 11 is 0. The normalized spacial score (nSPS) is 11.9. The summed E-state index contributed by atoms with van der Waals surface area (Å²) in [7, 11) is 1.64. The Bertz CT molecular complexity index is 1110. The molecule has 130 valence electrons. The molecule has 0 unspecified atom stereocenters. The van der Waals surface area contributed by atoms with Crippen LogP contribution in [-0.4, -0.2) is 33.0 Å². The van der Waals surface area contributed by atoms with E-state index in [9.17, 15) is 0 Å². The molecule has 2 aromatic carbocycles. The van der Waals surface area contributed by atoms with Crippen LogP contribution < -0.4 is 10.2 Å². The van der Waals surface area contributed by atoms with Crippen LogP contribution in [0.1, 0.15) is 18.1 Å². The van der Waals surface area contributed by atoms with Crippen molar-refractivity contribution in [2.75, 3.05) is 12.5 Å². The Hall–Kier alpha value is -3.48. The molecule has 26 heavy (non-hydrogen) atoms. The Morgan fingerprint density at radius 1 is 1.12 bits per heavy atom. The topological polar surface area (TPSA) is 88.1 Å². The van der Waals surface area contributed by atoms with Crippen LogP contribution in [-0.2, 0) is 0 Å². The third-order valence-corrected chi connectivity index (χ3v) is 4.20. The minimum atomic E-state index is 0.341. The third kappa shape index (κ3) is 2.95. The van der Waals surface area contributed by atoms with Crippen molar-refractivity contribution in [3.05, 3.63) is 53.6 Å². The fraction of sp³-hybridized carbons (Fsp3) is 0.158. The first-order valence-corrected chi connectivity index (χ1v) is 8.21. The third-order valence-electron chi connectivity index (χ3n) is 4.20. The summed E-state index contributed by atoms with van der Waals surface area (Å²) in [5.41, 5.74) is 8.25. The van der Waals surface area contributed by atoms with Gasteiger partial charge in [0.15, 0.2) is 5.65 Å². The van der Waals surface area contributed by atoms with Crippen molar-refractivity contribution >= 4 is 33.7 Å². The van der Waals surface area contributed by atoms with Gasteiger partial charge in [0.25, 0.3) is 5.95 Å². The Balaban J connectivity index is 1.61. The summed E-state index contributed by atoms with van der Waals surface area (Å²) in [5, 5.41) is 13.8. The van der Waals surface area contributed by atoms with E-state index in [1.54, 1.807) is 7.11 Å². The molecule has 4 rings (SSSR count). The van der Waals surface area contributed by atoms with E-state index in [-0.39, 0.29) is 0 Å². The highest BCUT2D eigenvalue weighted by molar-refractivity contribution is 6.03. The maximum absolute atomic E-state index is 5.16. The lowest BCUT2D eigenvalue weighted by Crippen LogP contribution is -2.03. The van der Waals surface area contributed by atoms with Crippen molar-refractivity contribution < 1.29 is 4.74 Å². The van der Waals surface area contributed by atoms with Crippen molar-refractivity contribution in [2.45, 2.75) is 13.8 Å². The standard InChI is InChI=1S/C19H18N6O/c1-11-4-9-16-15(10-11)17-18(20-16)21-19(25-23-17)24-22-12(2)13-5-7-14(26-3)8-6-13/h4-10H,1-3H3,(H2,20,21,24,25). The zero-order chi connectivity index (χ0) is 18.1. The molecule has 0 aliphatic carbocycles.